The first-order chi connectivity index (χ1) is 9.63. The highest BCUT2D eigenvalue weighted by molar-refractivity contribution is 14.0. The normalized spacial score (nSPS) is 16.6. The van der Waals surface area contributed by atoms with Gasteiger partial charge in [0, 0.05) is 23.5 Å². The van der Waals surface area contributed by atoms with Gasteiger partial charge >= 0.3 is 0 Å². The third-order valence-corrected chi connectivity index (χ3v) is 3.66. The molecule has 2 N–H and O–H groups in total. The lowest BCUT2D eigenvalue weighted by Gasteiger charge is -2.38. The zero-order valence-corrected chi connectivity index (χ0v) is 15.6. The minimum atomic E-state index is 0. The van der Waals surface area contributed by atoms with Crippen LogP contribution >= 0.6 is 35.6 Å². The number of hydrogen-bond donors (Lipinski definition) is 2. The van der Waals surface area contributed by atoms with Gasteiger partial charge in [0.15, 0.2) is 5.96 Å². The molecule has 1 aliphatic rings. The van der Waals surface area contributed by atoms with E-state index in [1.54, 1.807) is 0 Å². The average molecular weight is 424 g/mol. The third kappa shape index (κ3) is 5.64. The summed E-state index contributed by atoms with van der Waals surface area (Å²) in [6, 6.07) is 7.79. The molecule has 0 spiro atoms. The summed E-state index contributed by atoms with van der Waals surface area (Å²) in [5, 5.41) is 7.37. The number of aliphatic imine (C=N–C) groups is 1. The van der Waals surface area contributed by atoms with E-state index in [9.17, 15) is 0 Å². The highest BCUT2D eigenvalue weighted by Crippen LogP contribution is 2.25. The van der Waals surface area contributed by atoms with E-state index in [0.717, 1.165) is 42.8 Å². The number of nitrogens with one attached hydrogen (secondary N) is 2. The van der Waals surface area contributed by atoms with Crippen LogP contribution in [0.3, 0.4) is 0 Å². The molecule has 6 heteroatoms. The van der Waals surface area contributed by atoms with Crippen molar-refractivity contribution in [2.75, 3.05) is 26.3 Å². The van der Waals surface area contributed by atoms with E-state index in [1.165, 1.54) is 0 Å². The topological polar surface area (TPSA) is 45.7 Å². The van der Waals surface area contributed by atoms with Crippen molar-refractivity contribution in [3.63, 3.8) is 0 Å². The Morgan fingerprint density at radius 2 is 2.05 bits per heavy atom. The molecule has 1 aromatic rings. The lowest BCUT2D eigenvalue weighted by Crippen LogP contribution is -2.51. The minimum absolute atomic E-state index is 0. The molecule has 0 aromatic heterocycles. The maximum atomic E-state index is 6.14. The highest BCUT2D eigenvalue weighted by Gasteiger charge is 2.33. The van der Waals surface area contributed by atoms with Crippen molar-refractivity contribution in [1.82, 2.24) is 10.6 Å². The van der Waals surface area contributed by atoms with Crippen LogP contribution in [0.15, 0.2) is 29.3 Å². The Kier molecular flexibility index (Phi) is 7.76. The highest BCUT2D eigenvalue weighted by atomic mass is 127. The molecule has 0 amide bonds. The van der Waals surface area contributed by atoms with Gasteiger partial charge in [0.2, 0.25) is 0 Å². The minimum Gasteiger partial charge on any atom is -0.380 e. The SMILES string of the molecule is CCNC(=NCc1ccccc1Cl)NCC1(C)COC1.I. The number of halogens is 2. The molecule has 1 aromatic carbocycles. The summed E-state index contributed by atoms with van der Waals surface area (Å²) in [7, 11) is 0. The van der Waals surface area contributed by atoms with Crippen LogP contribution in [0.2, 0.25) is 5.02 Å². The summed E-state index contributed by atoms with van der Waals surface area (Å²) in [6.45, 7) is 8.15. The van der Waals surface area contributed by atoms with Crippen LogP contribution in [0.1, 0.15) is 19.4 Å². The second-order valence-corrected chi connectivity index (χ2v) is 5.85. The Morgan fingerprint density at radius 3 is 2.62 bits per heavy atom. The van der Waals surface area contributed by atoms with Gasteiger partial charge in [0.25, 0.3) is 0 Å². The molecule has 1 saturated heterocycles. The number of nitrogens with zero attached hydrogens (tertiary/aromatic N) is 1. The third-order valence-electron chi connectivity index (χ3n) is 3.29. The van der Waals surface area contributed by atoms with Gasteiger partial charge in [0.1, 0.15) is 0 Å². The predicted octanol–water partition coefficient (Wildman–Crippen LogP) is 3.05. The van der Waals surface area contributed by atoms with E-state index < -0.39 is 0 Å². The summed E-state index contributed by atoms with van der Waals surface area (Å²) >= 11 is 6.14. The molecule has 1 heterocycles. The average Bonchev–Trinajstić information content (AvgIpc) is 2.41. The summed E-state index contributed by atoms with van der Waals surface area (Å²) < 4.78 is 5.26. The van der Waals surface area contributed by atoms with E-state index in [2.05, 4.69) is 29.5 Å². The van der Waals surface area contributed by atoms with Gasteiger partial charge in [-0.25, -0.2) is 4.99 Å². The van der Waals surface area contributed by atoms with Crippen LogP contribution in [-0.2, 0) is 11.3 Å². The zero-order chi connectivity index (χ0) is 14.4. The smallest absolute Gasteiger partial charge is 0.191 e. The largest absolute Gasteiger partial charge is 0.380 e. The fourth-order valence-electron chi connectivity index (χ4n) is 1.98. The van der Waals surface area contributed by atoms with Gasteiger partial charge in [0.05, 0.1) is 19.8 Å². The van der Waals surface area contributed by atoms with Crippen molar-refractivity contribution < 1.29 is 4.74 Å². The molecular formula is C15H23ClIN3O. The van der Waals surface area contributed by atoms with Crippen LogP contribution in [0.25, 0.3) is 0 Å². The molecule has 0 unspecified atom stereocenters. The molecule has 0 saturated carbocycles. The molecule has 0 aliphatic carbocycles. The van der Waals surface area contributed by atoms with Crippen LogP contribution in [0.4, 0.5) is 0 Å². The van der Waals surface area contributed by atoms with Gasteiger partial charge in [-0.2, -0.15) is 0 Å². The lowest BCUT2D eigenvalue weighted by molar-refractivity contribution is -0.0971. The summed E-state index contributed by atoms with van der Waals surface area (Å²) in [5.74, 6) is 0.820. The zero-order valence-electron chi connectivity index (χ0n) is 12.5. The predicted molar refractivity (Wildman–Crippen MR) is 98.6 cm³/mol. The first-order valence-electron chi connectivity index (χ1n) is 6.96. The Bertz CT molecular complexity index is 478. The van der Waals surface area contributed by atoms with E-state index in [-0.39, 0.29) is 29.4 Å². The Morgan fingerprint density at radius 1 is 1.33 bits per heavy atom. The number of rotatable bonds is 5. The Labute approximate surface area is 148 Å². The molecule has 0 bridgehead atoms. The first kappa shape index (κ1) is 18.5. The van der Waals surface area contributed by atoms with Crippen molar-refractivity contribution in [2.24, 2.45) is 10.4 Å². The van der Waals surface area contributed by atoms with Gasteiger partial charge in [-0.1, -0.05) is 36.7 Å². The van der Waals surface area contributed by atoms with Crippen molar-refractivity contribution in [1.29, 1.82) is 0 Å². The lowest BCUT2D eigenvalue weighted by atomic mass is 9.89. The monoisotopic (exact) mass is 423 g/mol. The number of benzene rings is 1. The van der Waals surface area contributed by atoms with Gasteiger partial charge < -0.3 is 15.4 Å². The van der Waals surface area contributed by atoms with E-state index in [4.69, 9.17) is 16.3 Å². The molecule has 0 radical (unpaired) electrons. The maximum Gasteiger partial charge on any atom is 0.191 e. The van der Waals surface area contributed by atoms with Gasteiger partial charge in [-0.05, 0) is 18.6 Å². The molecular weight excluding hydrogens is 401 g/mol. The number of hydrogen-bond acceptors (Lipinski definition) is 2. The molecule has 118 valence electrons. The van der Waals surface area contributed by atoms with Crippen molar-refractivity contribution in [3.05, 3.63) is 34.9 Å². The standard InChI is InChI=1S/C15H22ClN3O.HI/c1-3-17-14(19-9-15(2)10-20-11-15)18-8-12-6-4-5-7-13(12)16;/h4-7H,3,8-11H2,1-2H3,(H2,17,18,19);1H. The van der Waals surface area contributed by atoms with Gasteiger partial charge in [-0.15, -0.1) is 24.0 Å². The fraction of sp³-hybridized carbons (Fsp3) is 0.533. The second-order valence-electron chi connectivity index (χ2n) is 5.44. The number of guanidine groups is 1. The fourth-order valence-corrected chi connectivity index (χ4v) is 2.18. The second kappa shape index (κ2) is 8.80. The summed E-state index contributed by atoms with van der Waals surface area (Å²) in [4.78, 5) is 4.58. The molecule has 2 rings (SSSR count). The van der Waals surface area contributed by atoms with E-state index >= 15 is 0 Å². The van der Waals surface area contributed by atoms with Crippen molar-refractivity contribution in [3.8, 4) is 0 Å². The van der Waals surface area contributed by atoms with E-state index in [1.807, 2.05) is 24.3 Å². The van der Waals surface area contributed by atoms with Crippen LogP contribution in [-0.4, -0.2) is 32.3 Å². The van der Waals surface area contributed by atoms with Crippen molar-refractivity contribution in [2.45, 2.75) is 20.4 Å². The summed E-state index contributed by atoms with van der Waals surface area (Å²) in [6.07, 6.45) is 0. The molecule has 0 atom stereocenters. The number of ether oxygens (including phenoxy) is 1. The van der Waals surface area contributed by atoms with Crippen LogP contribution in [0.5, 0.6) is 0 Å². The Balaban J connectivity index is 0.00000220. The van der Waals surface area contributed by atoms with E-state index in [0.29, 0.717) is 6.54 Å². The maximum absolute atomic E-state index is 6.14. The Hall–Kier alpha value is -0.530. The van der Waals surface area contributed by atoms with Crippen molar-refractivity contribution >= 4 is 41.5 Å². The quantitative estimate of drug-likeness (QED) is 0.435. The summed E-state index contributed by atoms with van der Waals surface area (Å²) in [5.41, 5.74) is 1.25. The first-order valence-corrected chi connectivity index (χ1v) is 7.34. The van der Waals surface area contributed by atoms with Crippen LogP contribution < -0.4 is 10.6 Å². The van der Waals surface area contributed by atoms with Gasteiger partial charge in [-0.3, -0.25) is 0 Å². The molecule has 21 heavy (non-hydrogen) atoms. The molecule has 1 fully saturated rings. The molecule has 1 aliphatic heterocycles. The van der Waals surface area contributed by atoms with Crippen LogP contribution in [0, 0.1) is 5.41 Å². The molecule has 4 nitrogen and oxygen atoms in total.